The number of rotatable bonds is 8. The zero-order chi connectivity index (χ0) is 22.0. The number of hydrogen-bond donors (Lipinski definition) is 2. The highest BCUT2D eigenvalue weighted by Crippen LogP contribution is 2.31. The third kappa shape index (κ3) is 5.05. The SMILES string of the molecule is CC(C)COc1c(-c2cn[nH]c2)ccc2nc(N[C@H]3CCN(CS(=O)[O-])C[C@H]3C)nn12. The number of ether oxygens (including phenoxy) is 1. The molecule has 1 fully saturated rings. The van der Waals surface area contributed by atoms with Gasteiger partial charge in [-0.25, -0.2) is 0 Å². The van der Waals surface area contributed by atoms with Gasteiger partial charge in [0.2, 0.25) is 11.8 Å². The summed E-state index contributed by atoms with van der Waals surface area (Å²) in [5, 5.41) is 15.0. The van der Waals surface area contributed by atoms with E-state index in [-0.39, 0.29) is 17.8 Å². The Kier molecular flexibility index (Phi) is 6.54. The van der Waals surface area contributed by atoms with E-state index in [1.807, 2.05) is 23.2 Å². The average molecular weight is 447 g/mol. The minimum atomic E-state index is -2.05. The molecule has 3 aromatic heterocycles. The molecule has 4 heterocycles. The van der Waals surface area contributed by atoms with E-state index in [0.29, 0.717) is 36.5 Å². The van der Waals surface area contributed by atoms with Gasteiger partial charge in [0.15, 0.2) is 5.65 Å². The molecule has 2 N–H and O–H groups in total. The fraction of sp³-hybridized carbons (Fsp3) is 0.550. The average Bonchev–Trinajstić information content (AvgIpc) is 3.37. The van der Waals surface area contributed by atoms with Gasteiger partial charge in [-0.15, -0.1) is 5.10 Å². The van der Waals surface area contributed by atoms with Crippen molar-refractivity contribution in [3.8, 4) is 17.0 Å². The van der Waals surface area contributed by atoms with Crippen LogP contribution in [0.1, 0.15) is 27.2 Å². The Bertz CT molecular complexity index is 1040. The van der Waals surface area contributed by atoms with E-state index < -0.39 is 11.1 Å². The maximum Gasteiger partial charge on any atom is 0.243 e. The molecule has 4 rings (SSSR count). The van der Waals surface area contributed by atoms with Crippen LogP contribution in [0.2, 0.25) is 0 Å². The van der Waals surface area contributed by atoms with E-state index in [0.717, 1.165) is 24.1 Å². The van der Waals surface area contributed by atoms with Gasteiger partial charge >= 0.3 is 0 Å². The molecule has 0 bridgehead atoms. The Hall–Kier alpha value is -2.50. The monoisotopic (exact) mass is 446 g/mol. The van der Waals surface area contributed by atoms with Gasteiger partial charge in [0, 0.05) is 36.5 Å². The van der Waals surface area contributed by atoms with E-state index >= 15 is 0 Å². The minimum absolute atomic E-state index is 0.0804. The van der Waals surface area contributed by atoms with Crippen molar-refractivity contribution >= 4 is 22.7 Å². The first kappa shape index (κ1) is 21.7. The fourth-order valence-corrected chi connectivity index (χ4v) is 4.40. The van der Waals surface area contributed by atoms with Crippen molar-refractivity contribution in [2.24, 2.45) is 11.8 Å². The molecule has 0 radical (unpaired) electrons. The van der Waals surface area contributed by atoms with Crippen LogP contribution in [0, 0.1) is 11.8 Å². The number of anilines is 1. The molecule has 0 saturated carbocycles. The van der Waals surface area contributed by atoms with E-state index in [4.69, 9.17) is 4.74 Å². The van der Waals surface area contributed by atoms with Crippen LogP contribution in [-0.2, 0) is 11.1 Å². The minimum Gasteiger partial charge on any atom is -0.771 e. The number of nitrogens with one attached hydrogen (secondary N) is 2. The summed E-state index contributed by atoms with van der Waals surface area (Å²) in [6.45, 7) is 8.30. The molecule has 3 atom stereocenters. The Balaban J connectivity index is 1.57. The van der Waals surface area contributed by atoms with Crippen LogP contribution in [0.25, 0.3) is 16.8 Å². The van der Waals surface area contributed by atoms with Gasteiger partial charge in [0.05, 0.1) is 18.7 Å². The van der Waals surface area contributed by atoms with Crippen molar-refractivity contribution in [1.82, 2.24) is 29.7 Å². The first-order chi connectivity index (χ1) is 14.9. The maximum absolute atomic E-state index is 11.0. The molecular formula is C20H28N7O3S-. The molecule has 1 aliphatic heterocycles. The number of aromatic amines is 1. The smallest absolute Gasteiger partial charge is 0.243 e. The molecule has 0 aliphatic carbocycles. The predicted octanol–water partition coefficient (Wildman–Crippen LogP) is 2.11. The number of pyridine rings is 1. The van der Waals surface area contributed by atoms with Crippen LogP contribution in [0.5, 0.6) is 5.88 Å². The van der Waals surface area contributed by atoms with Gasteiger partial charge in [-0.3, -0.25) is 14.2 Å². The van der Waals surface area contributed by atoms with E-state index in [2.05, 4.69) is 46.4 Å². The molecule has 0 aromatic carbocycles. The molecule has 1 aliphatic rings. The Morgan fingerprint density at radius 1 is 1.42 bits per heavy atom. The van der Waals surface area contributed by atoms with Crippen molar-refractivity contribution in [1.29, 1.82) is 0 Å². The van der Waals surface area contributed by atoms with Crippen molar-refractivity contribution in [2.75, 3.05) is 30.9 Å². The highest BCUT2D eigenvalue weighted by Gasteiger charge is 2.27. The fourth-order valence-electron chi connectivity index (χ4n) is 3.87. The standard InChI is InChI=1S/C20H29N7O3S/c1-13(2)11-30-19-16(15-8-21-22-9-15)4-5-18-24-20(25-27(18)19)23-17-6-7-26(10-14(17)3)12-31(28)29/h4-5,8-9,13-14,17H,6-7,10-12H2,1-3H3,(H,21,22)(H,23,25)(H,28,29)/p-1/t14-,17+/m1/s1. The summed E-state index contributed by atoms with van der Waals surface area (Å²) in [6.07, 6.45) is 4.40. The van der Waals surface area contributed by atoms with Crippen LogP contribution in [0.4, 0.5) is 5.95 Å². The number of fused-ring (bicyclic) bond motifs is 1. The number of piperidine rings is 1. The summed E-state index contributed by atoms with van der Waals surface area (Å²) in [6, 6.07) is 4.05. The van der Waals surface area contributed by atoms with Crippen molar-refractivity contribution in [2.45, 2.75) is 33.2 Å². The molecule has 0 spiro atoms. The molecule has 1 unspecified atom stereocenters. The van der Waals surface area contributed by atoms with Gasteiger partial charge in [-0.05, 0) is 41.5 Å². The second-order valence-corrected chi connectivity index (χ2v) is 9.34. The van der Waals surface area contributed by atoms with Crippen LogP contribution >= 0.6 is 0 Å². The summed E-state index contributed by atoms with van der Waals surface area (Å²) in [5.41, 5.74) is 2.51. The molecule has 31 heavy (non-hydrogen) atoms. The Labute approximate surface area is 183 Å². The molecule has 3 aromatic rings. The van der Waals surface area contributed by atoms with Gasteiger partial charge in [-0.1, -0.05) is 20.8 Å². The first-order valence-corrected chi connectivity index (χ1v) is 11.7. The van der Waals surface area contributed by atoms with Crippen LogP contribution in [-0.4, -0.2) is 70.1 Å². The topological polar surface area (TPSA) is 123 Å². The van der Waals surface area contributed by atoms with Crippen molar-refractivity contribution in [3.63, 3.8) is 0 Å². The van der Waals surface area contributed by atoms with Crippen LogP contribution < -0.4 is 10.1 Å². The van der Waals surface area contributed by atoms with E-state index in [9.17, 15) is 8.76 Å². The number of nitrogens with zero attached hydrogens (tertiary/aromatic N) is 5. The van der Waals surface area contributed by atoms with Gasteiger partial charge in [-0.2, -0.15) is 14.6 Å². The lowest BCUT2D eigenvalue weighted by molar-refractivity contribution is 0.194. The highest BCUT2D eigenvalue weighted by molar-refractivity contribution is 7.79. The number of H-pyrrole nitrogens is 1. The number of aromatic nitrogens is 5. The number of hydrogen-bond acceptors (Lipinski definition) is 8. The summed E-state index contributed by atoms with van der Waals surface area (Å²) < 4.78 is 29.8. The van der Waals surface area contributed by atoms with E-state index in [1.54, 1.807) is 10.7 Å². The lowest BCUT2D eigenvalue weighted by atomic mass is 9.94. The largest absolute Gasteiger partial charge is 0.771 e. The van der Waals surface area contributed by atoms with E-state index in [1.165, 1.54) is 0 Å². The molecule has 11 heteroatoms. The summed E-state index contributed by atoms with van der Waals surface area (Å²) >= 11 is -2.05. The number of likely N-dealkylation sites (tertiary alicyclic amines) is 1. The third-order valence-electron chi connectivity index (χ3n) is 5.41. The zero-order valence-corrected chi connectivity index (χ0v) is 18.8. The predicted molar refractivity (Wildman–Crippen MR) is 117 cm³/mol. The maximum atomic E-state index is 11.0. The molecular weight excluding hydrogens is 418 g/mol. The van der Waals surface area contributed by atoms with Crippen LogP contribution in [0.15, 0.2) is 24.5 Å². The third-order valence-corrected chi connectivity index (χ3v) is 5.98. The van der Waals surface area contributed by atoms with Gasteiger partial charge in [0.1, 0.15) is 0 Å². The Morgan fingerprint density at radius 3 is 2.94 bits per heavy atom. The normalized spacial score (nSPS) is 20.9. The lowest BCUT2D eigenvalue weighted by Crippen LogP contribution is -2.46. The van der Waals surface area contributed by atoms with Crippen molar-refractivity contribution in [3.05, 3.63) is 24.5 Å². The van der Waals surface area contributed by atoms with Gasteiger partial charge in [0.25, 0.3) is 0 Å². The second kappa shape index (κ2) is 9.33. The van der Waals surface area contributed by atoms with Crippen molar-refractivity contribution < 1.29 is 13.5 Å². The van der Waals surface area contributed by atoms with Crippen LogP contribution in [0.3, 0.4) is 0 Å². The summed E-state index contributed by atoms with van der Waals surface area (Å²) in [5.74, 6) is 1.88. The quantitative estimate of drug-likeness (QED) is 0.504. The zero-order valence-electron chi connectivity index (χ0n) is 17.9. The first-order valence-electron chi connectivity index (χ1n) is 10.5. The summed E-state index contributed by atoms with van der Waals surface area (Å²) in [4.78, 5) is 6.60. The molecule has 10 nitrogen and oxygen atoms in total. The second-order valence-electron chi connectivity index (χ2n) is 8.48. The molecule has 0 amide bonds. The highest BCUT2D eigenvalue weighted by atomic mass is 32.2. The Morgan fingerprint density at radius 2 is 2.26 bits per heavy atom. The summed E-state index contributed by atoms with van der Waals surface area (Å²) in [7, 11) is 0. The van der Waals surface area contributed by atoms with Gasteiger partial charge < -0.3 is 14.6 Å². The lowest BCUT2D eigenvalue weighted by Gasteiger charge is -2.37. The molecule has 168 valence electrons. The molecule has 1 saturated heterocycles.